The standard InChI is InChI=1S/C7H5ClOS2/c8-6-3-10-7-5(6)1-4(2-9)11-7/h1,3,9H,2H2. The minimum absolute atomic E-state index is 0.113. The van der Waals surface area contributed by atoms with Gasteiger partial charge in [-0.1, -0.05) is 11.6 Å². The van der Waals surface area contributed by atoms with Crippen LogP contribution in [0.4, 0.5) is 0 Å². The molecule has 0 unspecified atom stereocenters. The molecule has 0 amide bonds. The van der Waals surface area contributed by atoms with E-state index in [0.717, 1.165) is 15.3 Å². The van der Waals surface area contributed by atoms with E-state index in [9.17, 15) is 0 Å². The fourth-order valence-electron chi connectivity index (χ4n) is 0.924. The highest BCUT2D eigenvalue weighted by molar-refractivity contribution is 7.37. The number of aliphatic hydroxyl groups excluding tert-OH is 1. The number of rotatable bonds is 1. The van der Waals surface area contributed by atoms with Crippen molar-refractivity contribution < 1.29 is 5.11 Å². The first-order valence-corrected chi connectivity index (χ1v) is 5.15. The monoisotopic (exact) mass is 204 g/mol. The molecule has 2 rings (SSSR count). The van der Waals surface area contributed by atoms with E-state index in [-0.39, 0.29) is 6.61 Å². The summed E-state index contributed by atoms with van der Waals surface area (Å²) in [6.45, 7) is 0.113. The van der Waals surface area contributed by atoms with Crippen LogP contribution in [0, 0.1) is 0 Å². The van der Waals surface area contributed by atoms with Gasteiger partial charge < -0.3 is 5.11 Å². The zero-order valence-electron chi connectivity index (χ0n) is 5.50. The van der Waals surface area contributed by atoms with Crippen molar-refractivity contribution in [2.45, 2.75) is 6.61 Å². The Kier molecular flexibility index (Phi) is 1.89. The lowest BCUT2D eigenvalue weighted by atomic mass is 10.4. The van der Waals surface area contributed by atoms with Gasteiger partial charge in [0.1, 0.15) is 0 Å². The predicted octanol–water partition coefficient (Wildman–Crippen LogP) is 3.11. The molecule has 0 atom stereocenters. The van der Waals surface area contributed by atoms with Gasteiger partial charge in [-0.2, -0.15) is 0 Å². The van der Waals surface area contributed by atoms with Gasteiger partial charge in [-0.3, -0.25) is 0 Å². The molecule has 2 aromatic rings. The lowest BCUT2D eigenvalue weighted by molar-refractivity contribution is 0.285. The van der Waals surface area contributed by atoms with Crippen LogP contribution in [0.2, 0.25) is 5.02 Å². The molecule has 0 aliphatic rings. The van der Waals surface area contributed by atoms with Crippen molar-refractivity contribution in [2.24, 2.45) is 0 Å². The van der Waals surface area contributed by atoms with Crippen molar-refractivity contribution in [1.29, 1.82) is 0 Å². The number of aliphatic hydroxyl groups is 1. The third-order valence-electron chi connectivity index (χ3n) is 1.43. The zero-order valence-corrected chi connectivity index (χ0v) is 7.89. The average molecular weight is 205 g/mol. The number of thiophene rings is 2. The van der Waals surface area contributed by atoms with Gasteiger partial charge in [0, 0.05) is 15.6 Å². The molecule has 4 heteroatoms. The Balaban J connectivity index is 2.70. The predicted molar refractivity (Wildman–Crippen MR) is 50.6 cm³/mol. The Hall–Kier alpha value is -0.0900. The van der Waals surface area contributed by atoms with E-state index < -0.39 is 0 Å². The molecule has 0 saturated carbocycles. The maximum absolute atomic E-state index is 8.82. The second-order valence-corrected chi connectivity index (χ2v) is 4.84. The summed E-state index contributed by atoms with van der Waals surface area (Å²) in [5.74, 6) is 0. The van der Waals surface area contributed by atoms with E-state index >= 15 is 0 Å². The van der Waals surface area contributed by atoms with E-state index in [2.05, 4.69) is 0 Å². The van der Waals surface area contributed by atoms with Crippen molar-refractivity contribution in [2.75, 3.05) is 0 Å². The van der Waals surface area contributed by atoms with Crippen LogP contribution < -0.4 is 0 Å². The highest BCUT2D eigenvalue weighted by atomic mass is 35.5. The first-order valence-electron chi connectivity index (χ1n) is 3.07. The zero-order chi connectivity index (χ0) is 7.84. The summed E-state index contributed by atoms with van der Waals surface area (Å²) in [5.41, 5.74) is 0. The van der Waals surface area contributed by atoms with E-state index in [0.29, 0.717) is 0 Å². The number of hydrogen-bond donors (Lipinski definition) is 1. The van der Waals surface area contributed by atoms with Crippen LogP contribution in [0.25, 0.3) is 9.40 Å². The highest BCUT2D eigenvalue weighted by Crippen LogP contribution is 2.36. The first-order chi connectivity index (χ1) is 5.31. The van der Waals surface area contributed by atoms with Gasteiger partial charge >= 0.3 is 0 Å². The lowest BCUT2D eigenvalue weighted by Crippen LogP contribution is -1.70. The summed E-state index contributed by atoms with van der Waals surface area (Å²) >= 11 is 9.11. The Morgan fingerprint density at radius 2 is 2.36 bits per heavy atom. The quantitative estimate of drug-likeness (QED) is 0.757. The van der Waals surface area contributed by atoms with E-state index in [1.165, 1.54) is 4.01 Å². The Morgan fingerprint density at radius 3 is 3.00 bits per heavy atom. The van der Waals surface area contributed by atoms with Crippen LogP contribution in [0.5, 0.6) is 0 Å². The van der Waals surface area contributed by atoms with Gasteiger partial charge in [0.25, 0.3) is 0 Å². The Labute approximate surface area is 76.9 Å². The summed E-state index contributed by atoms with van der Waals surface area (Å²) in [7, 11) is 0. The maximum Gasteiger partial charge on any atom is 0.0884 e. The van der Waals surface area contributed by atoms with Gasteiger partial charge in [-0.05, 0) is 6.07 Å². The van der Waals surface area contributed by atoms with Crippen molar-refractivity contribution in [3.05, 3.63) is 21.3 Å². The molecule has 0 bridgehead atoms. The van der Waals surface area contributed by atoms with Crippen LogP contribution in [0.1, 0.15) is 4.88 Å². The smallest absolute Gasteiger partial charge is 0.0884 e. The van der Waals surface area contributed by atoms with Gasteiger partial charge in [-0.25, -0.2) is 0 Å². The summed E-state index contributed by atoms with van der Waals surface area (Å²) in [6.07, 6.45) is 0. The minimum atomic E-state index is 0.113. The second-order valence-electron chi connectivity index (χ2n) is 2.16. The molecule has 1 nitrogen and oxygen atoms in total. The van der Waals surface area contributed by atoms with Crippen LogP contribution in [-0.4, -0.2) is 5.11 Å². The number of halogens is 1. The topological polar surface area (TPSA) is 20.2 Å². The van der Waals surface area contributed by atoms with Gasteiger partial charge in [0.05, 0.1) is 15.6 Å². The molecule has 11 heavy (non-hydrogen) atoms. The van der Waals surface area contributed by atoms with Crippen LogP contribution in [-0.2, 0) is 6.61 Å². The maximum atomic E-state index is 8.82. The fourth-order valence-corrected chi connectivity index (χ4v) is 3.37. The molecule has 2 heterocycles. The van der Waals surface area contributed by atoms with E-state index in [1.54, 1.807) is 22.7 Å². The lowest BCUT2D eigenvalue weighted by Gasteiger charge is -1.81. The van der Waals surface area contributed by atoms with E-state index in [4.69, 9.17) is 16.7 Å². The van der Waals surface area contributed by atoms with Crippen LogP contribution in [0.3, 0.4) is 0 Å². The fraction of sp³-hybridized carbons (Fsp3) is 0.143. The molecule has 2 aromatic heterocycles. The molecule has 0 saturated heterocycles. The molecule has 0 fully saturated rings. The number of hydrogen-bond acceptors (Lipinski definition) is 3. The molecule has 0 aliphatic heterocycles. The third-order valence-corrected chi connectivity index (χ3v) is 4.11. The molecule has 1 N–H and O–H groups in total. The SMILES string of the molecule is OCc1cc2c(Cl)csc2s1. The van der Waals surface area contributed by atoms with Crippen molar-refractivity contribution in [3.8, 4) is 0 Å². The number of fused-ring (bicyclic) bond motifs is 1. The highest BCUT2D eigenvalue weighted by Gasteiger charge is 2.05. The molecule has 58 valence electrons. The summed E-state index contributed by atoms with van der Waals surface area (Å²) in [5, 5.41) is 12.6. The molecule has 0 spiro atoms. The van der Waals surface area contributed by atoms with Crippen molar-refractivity contribution in [3.63, 3.8) is 0 Å². The van der Waals surface area contributed by atoms with Gasteiger partial charge in [-0.15, -0.1) is 22.7 Å². The minimum Gasteiger partial charge on any atom is -0.391 e. The van der Waals surface area contributed by atoms with Crippen molar-refractivity contribution >= 4 is 43.7 Å². The molecule has 0 aliphatic carbocycles. The Morgan fingerprint density at radius 1 is 1.55 bits per heavy atom. The summed E-state index contributed by atoms with van der Waals surface area (Å²) < 4.78 is 1.19. The first kappa shape index (κ1) is 7.55. The molecular weight excluding hydrogens is 200 g/mol. The molecule has 0 aromatic carbocycles. The van der Waals surface area contributed by atoms with Crippen LogP contribution in [0.15, 0.2) is 11.4 Å². The molecule has 0 radical (unpaired) electrons. The third kappa shape index (κ3) is 1.18. The normalized spacial score (nSPS) is 11.1. The summed E-state index contributed by atoms with van der Waals surface area (Å²) in [4.78, 5) is 0.980. The van der Waals surface area contributed by atoms with Crippen molar-refractivity contribution in [1.82, 2.24) is 0 Å². The molecular formula is C7H5ClOS2. The summed E-state index contributed by atoms with van der Waals surface area (Å²) in [6, 6.07) is 1.94. The van der Waals surface area contributed by atoms with Gasteiger partial charge in [0.2, 0.25) is 0 Å². The average Bonchev–Trinajstić information content (AvgIpc) is 2.53. The van der Waals surface area contributed by atoms with E-state index in [1.807, 2.05) is 11.4 Å². The van der Waals surface area contributed by atoms with Gasteiger partial charge in [0.15, 0.2) is 0 Å². The second kappa shape index (κ2) is 2.75. The Bertz CT molecular complexity index is 377. The van der Waals surface area contributed by atoms with Crippen LogP contribution >= 0.6 is 34.3 Å². The largest absolute Gasteiger partial charge is 0.391 e.